The monoisotopic (exact) mass is 354 g/mol. The Hall–Kier alpha value is -1.81. The van der Waals surface area contributed by atoms with E-state index in [1.54, 1.807) is 6.07 Å². The van der Waals surface area contributed by atoms with Gasteiger partial charge in [0, 0.05) is 5.41 Å². The van der Waals surface area contributed by atoms with Gasteiger partial charge >= 0.3 is 5.97 Å². The number of benzene rings is 1. The van der Waals surface area contributed by atoms with Crippen LogP contribution in [-0.4, -0.2) is 27.9 Å². The van der Waals surface area contributed by atoms with E-state index in [0.29, 0.717) is 29.4 Å². The van der Waals surface area contributed by atoms with Crippen molar-refractivity contribution in [2.75, 3.05) is 0 Å². The van der Waals surface area contributed by atoms with Crippen LogP contribution in [0.3, 0.4) is 0 Å². The maximum atomic E-state index is 11.9. The van der Waals surface area contributed by atoms with E-state index in [1.807, 2.05) is 6.07 Å². The average Bonchev–Trinajstić information content (AvgIpc) is 3.01. The molecule has 26 heavy (non-hydrogen) atoms. The van der Waals surface area contributed by atoms with Crippen molar-refractivity contribution in [2.45, 2.75) is 56.7 Å². The molecule has 1 saturated heterocycles. The fourth-order valence-corrected chi connectivity index (χ4v) is 6.89. The lowest BCUT2D eigenvalue weighted by Gasteiger charge is -2.54. The lowest BCUT2D eigenvalue weighted by atomic mass is 9.50. The molecule has 1 heterocycles. The van der Waals surface area contributed by atoms with Crippen LogP contribution in [0.4, 0.5) is 0 Å². The number of phenols is 1. The standard InChI is InChI=1S/C22H26O4/c1-3-12-8-13-9-14(23)4-5-15(13)16-6-7-21(2)17(20(12)16)10-18-22(21,25)11-19(24)26-18/h3-5,9,12,16-18,20,23,25H,1,6-8,10-11H2,2H3/t12-,16+,17-,18?,20+,21-,22+/m0/s1. The number of carbonyl (C=O) groups is 1. The predicted octanol–water partition coefficient (Wildman–Crippen LogP) is 3.32. The van der Waals surface area contributed by atoms with E-state index in [1.165, 1.54) is 11.1 Å². The number of carbonyl (C=O) groups excluding carboxylic acids is 1. The molecule has 0 spiro atoms. The van der Waals surface area contributed by atoms with E-state index in [2.05, 4.69) is 25.6 Å². The molecule has 3 aliphatic carbocycles. The number of aromatic hydroxyl groups is 1. The summed E-state index contributed by atoms with van der Waals surface area (Å²) in [6.45, 7) is 6.27. The van der Waals surface area contributed by atoms with Gasteiger partial charge in [0.2, 0.25) is 0 Å². The van der Waals surface area contributed by atoms with Gasteiger partial charge in [-0.3, -0.25) is 4.79 Å². The summed E-state index contributed by atoms with van der Waals surface area (Å²) in [7, 11) is 0. The number of esters is 1. The van der Waals surface area contributed by atoms with E-state index in [4.69, 9.17) is 4.74 Å². The summed E-state index contributed by atoms with van der Waals surface area (Å²) in [5.74, 6) is 1.51. The normalized spacial score (nSPS) is 45.9. The highest BCUT2D eigenvalue weighted by Gasteiger charge is 2.70. The minimum Gasteiger partial charge on any atom is -0.508 e. The number of allylic oxidation sites excluding steroid dienone is 1. The Morgan fingerprint density at radius 1 is 1.38 bits per heavy atom. The summed E-state index contributed by atoms with van der Waals surface area (Å²) in [4.78, 5) is 11.9. The molecule has 4 nitrogen and oxygen atoms in total. The lowest BCUT2D eigenvalue weighted by Crippen LogP contribution is -2.53. The fraction of sp³-hybridized carbons (Fsp3) is 0.591. The number of rotatable bonds is 1. The molecule has 1 aromatic carbocycles. The first kappa shape index (κ1) is 16.4. The number of fused-ring (bicyclic) bond motifs is 7. The van der Waals surface area contributed by atoms with E-state index in [-0.39, 0.29) is 23.9 Å². The zero-order valence-electron chi connectivity index (χ0n) is 15.1. The Bertz CT molecular complexity index is 801. The van der Waals surface area contributed by atoms with Crippen molar-refractivity contribution in [3.63, 3.8) is 0 Å². The second kappa shape index (κ2) is 5.13. The Morgan fingerprint density at radius 3 is 2.96 bits per heavy atom. The second-order valence-electron chi connectivity index (χ2n) is 9.05. The quantitative estimate of drug-likeness (QED) is 0.600. The van der Waals surface area contributed by atoms with Gasteiger partial charge in [0.05, 0.1) is 6.42 Å². The Kier molecular flexibility index (Phi) is 3.23. The molecule has 0 aromatic heterocycles. The molecule has 4 heteroatoms. The van der Waals surface area contributed by atoms with E-state index in [9.17, 15) is 15.0 Å². The fourth-order valence-electron chi connectivity index (χ4n) is 6.89. The summed E-state index contributed by atoms with van der Waals surface area (Å²) in [5, 5.41) is 21.3. The van der Waals surface area contributed by atoms with Gasteiger partial charge in [-0.05, 0) is 72.6 Å². The van der Waals surface area contributed by atoms with E-state index >= 15 is 0 Å². The highest BCUT2D eigenvalue weighted by atomic mass is 16.6. The molecule has 1 unspecified atom stereocenters. The maximum absolute atomic E-state index is 11.9. The van der Waals surface area contributed by atoms with Crippen molar-refractivity contribution in [1.82, 2.24) is 0 Å². The predicted molar refractivity (Wildman–Crippen MR) is 96.6 cm³/mol. The zero-order chi connectivity index (χ0) is 18.3. The average molecular weight is 354 g/mol. The molecule has 7 atom stereocenters. The third-order valence-electron chi connectivity index (χ3n) is 8.18. The van der Waals surface area contributed by atoms with Crippen molar-refractivity contribution >= 4 is 5.97 Å². The van der Waals surface area contributed by atoms with Gasteiger partial charge < -0.3 is 14.9 Å². The van der Waals surface area contributed by atoms with Gasteiger partial charge in [-0.25, -0.2) is 0 Å². The van der Waals surface area contributed by atoms with Crippen LogP contribution < -0.4 is 0 Å². The number of phenolic OH excluding ortho intramolecular Hbond substituents is 1. The summed E-state index contributed by atoms with van der Waals surface area (Å²) >= 11 is 0. The third kappa shape index (κ3) is 1.86. The molecule has 1 aromatic rings. The molecule has 138 valence electrons. The van der Waals surface area contributed by atoms with E-state index < -0.39 is 5.60 Å². The number of aliphatic hydroxyl groups is 1. The van der Waals surface area contributed by atoms with Crippen molar-refractivity contribution < 1.29 is 19.7 Å². The Balaban J connectivity index is 1.59. The Labute approximate surface area is 153 Å². The summed E-state index contributed by atoms with van der Waals surface area (Å²) in [6, 6.07) is 5.76. The van der Waals surface area contributed by atoms with Gasteiger partial charge in [0.15, 0.2) is 0 Å². The SMILES string of the molecule is C=C[C@H]1Cc2cc(O)ccc2[C@H]2CC[C@@]3(C)[C@@H](CC4OC(=O)C[C@@]43O)[C@@H]21. The molecule has 4 aliphatic rings. The minimum atomic E-state index is -1.03. The van der Waals surface area contributed by atoms with Crippen LogP contribution in [0.25, 0.3) is 0 Å². The number of hydrogen-bond acceptors (Lipinski definition) is 4. The van der Waals surface area contributed by atoms with Gasteiger partial charge in [-0.1, -0.05) is 19.1 Å². The third-order valence-corrected chi connectivity index (χ3v) is 8.18. The molecule has 0 bridgehead atoms. The maximum Gasteiger partial charge on any atom is 0.309 e. The first-order valence-electron chi connectivity index (χ1n) is 9.73. The van der Waals surface area contributed by atoms with E-state index in [0.717, 1.165) is 25.7 Å². The van der Waals surface area contributed by atoms with Crippen molar-refractivity contribution in [1.29, 1.82) is 0 Å². The topological polar surface area (TPSA) is 66.8 Å². The first-order valence-corrected chi connectivity index (χ1v) is 9.73. The molecular weight excluding hydrogens is 328 g/mol. The largest absolute Gasteiger partial charge is 0.508 e. The molecule has 0 amide bonds. The molecule has 5 rings (SSSR count). The van der Waals surface area contributed by atoms with Crippen molar-refractivity contribution in [2.24, 2.45) is 23.2 Å². The molecule has 3 fully saturated rings. The highest BCUT2D eigenvalue weighted by Crippen LogP contribution is 2.67. The van der Waals surface area contributed by atoms with Gasteiger partial charge in [0.1, 0.15) is 17.5 Å². The smallest absolute Gasteiger partial charge is 0.309 e. The minimum absolute atomic E-state index is 0.130. The van der Waals surface area contributed by atoms with Crippen molar-refractivity contribution in [3.05, 3.63) is 42.0 Å². The summed E-state index contributed by atoms with van der Waals surface area (Å²) < 4.78 is 5.53. The molecule has 1 aliphatic heterocycles. The summed E-state index contributed by atoms with van der Waals surface area (Å²) in [6.07, 6.45) is 5.33. The van der Waals surface area contributed by atoms with Crippen LogP contribution in [0.5, 0.6) is 5.75 Å². The molecule has 2 N–H and O–H groups in total. The molecule has 0 radical (unpaired) electrons. The zero-order valence-corrected chi connectivity index (χ0v) is 15.1. The van der Waals surface area contributed by atoms with Crippen LogP contribution >= 0.6 is 0 Å². The lowest BCUT2D eigenvalue weighted by molar-refractivity contribution is -0.142. The van der Waals surface area contributed by atoms with Crippen LogP contribution in [0.1, 0.15) is 49.7 Å². The highest BCUT2D eigenvalue weighted by molar-refractivity contribution is 5.74. The Morgan fingerprint density at radius 2 is 2.19 bits per heavy atom. The van der Waals surface area contributed by atoms with Crippen LogP contribution in [-0.2, 0) is 16.0 Å². The summed E-state index contributed by atoms with van der Waals surface area (Å²) in [5.41, 5.74) is 1.25. The number of ether oxygens (including phenoxy) is 1. The van der Waals surface area contributed by atoms with Gasteiger partial charge in [0.25, 0.3) is 0 Å². The van der Waals surface area contributed by atoms with Crippen LogP contribution in [0.2, 0.25) is 0 Å². The van der Waals surface area contributed by atoms with Crippen LogP contribution in [0.15, 0.2) is 30.9 Å². The van der Waals surface area contributed by atoms with Crippen molar-refractivity contribution in [3.8, 4) is 5.75 Å². The van der Waals surface area contributed by atoms with Crippen LogP contribution in [0, 0.1) is 23.2 Å². The number of hydrogen-bond donors (Lipinski definition) is 2. The second-order valence-corrected chi connectivity index (χ2v) is 9.05. The van der Waals surface area contributed by atoms with Gasteiger partial charge in [-0.2, -0.15) is 0 Å². The first-order chi connectivity index (χ1) is 12.4. The molecular formula is C22H26O4. The van der Waals surface area contributed by atoms with Gasteiger partial charge in [-0.15, -0.1) is 6.58 Å². The molecule has 2 saturated carbocycles.